The maximum Gasteiger partial charge on any atom is 0.371 e. The molecular formula is C11H6O4. The van der Waals surface area contributed by atoms with E-state index in [-0.39, 0.29) is 5.76 Å². The van der Waals surface area contributed by atoms with Gasteiger partial charge in [0.25, 0.3) is 0 Å². The van der Waals surface area contributed by atoms with Crippen LogP contribution in [0.25, 0.3) is 21.9 Å². The zero-order chi connectivity index (χ0) is 10.4. The molecule has 0 saturated heterocycles. The van der Waals surface area contributed by atoms with Gasteiger partial charge in [-0.2, -0.15) is 0 Å². The molecule has 74 valence electrons. The molecule has 3 rings (SSSR count). The first-order valence-electron chi connectivity index (χ1n) is 4.38. The summed E-state index contributed by atoms with van der Waals surface area (Å²) in [4.78, 5) is 10.7. The van der Waals surface area contributed by atoms with E-state index >= 15 is 0 Å². The molecule has 3 aromatic rings. The lowest BCUT2D eigenvalue weighted by molar-refractivity contribution is 0.0665. The Balaban J connectivity index is 2.38. The molecular weight excluding hydrogens is 196 g/mol. The summed E-state index contributed by atoms with van der Waals surface area (Å²) in [7, 11) is 0. The molecule has 0 aliphatic heterocycles. The third-order valence-corrected chi connectivity index (χ3v) is 2.30. The summed E-state index contributed by atoms with van der Waals surface area (Å²) >= 11 is 0. The van der Waals surface area contributed by atoms with Crippen molar-refractivity contribution in [2.24, 2.45) is 0 Å². The molecule has 15 heavy (non-hydrogen) atoms. The molecule has 2 aromatic heterocycles. The highest BCUT2D eigenvalue weighted by Gasteiger charge is 2.11. The SMILES string of the molecule is O=C(O)c1cc2cc3occc3cc2o1. The summed E-state index contributed by atoms with van der Waals surface area (Å²) in [5, 5.41) is 10.4. The molecule has 4 heteroatoms. The minimum Gasteiger partial charge on any atom is -0.475 e. The molecule has 0 unspecified atom stereocenters. The maximum atomic E-state index is 10.7. The van der Waals surface area contributed by atoms with Gasteiger partial charge in [0, 0.05) is 10.8 Å². The highest BCUT2D eigenvalue weighted by Crippen LogP contribution is 2.26. The Labute approximate surface area is 83.7 Å². The summed E-state index contributed by atoms with van der Waals surface area (Å²) in [5.41, 5.74) is 1.28. The Morgan fingerprint density at radius 1 is 1.13 bits per heavy atom. The summed E-state index contributed by atoms with van der Waals surface area (Å²) in [6.45, 7) is 0. The molecule has 0 spiro atoms. The Bertz CT molecular complexity index is 611. The van der Waals surface area contributed by atoms with E-state index in [0.717, 1.165) is 16.4 Å². The quantitative estimate of drug-likeness (QED) is 0.658. The molecule has 0 aliphatic carbocycles. The third kappa shape index (κ3) is 1.11. The summed E-state index contributed by atoms with van der Waals surface area (Å²) < 4.78 is 10.4. The van der Waals surface area contributed by atoms with E-state index in [1.54, 1.807) is 24.5 Å². The molecule has 0 radical (unpaired) electrons. The number of carbonyl (C=O) groups is 1. The molecule has 1 aromatic carbocycles. The van der Waals surface area contributed by atoms with Crippen LogP contribution in [0.3, 0.4) is 0 Å². The first-order chi connectivity index (χ1) is 7.24. The predicted molar refractivity (Wildman–Crippen MR) is 52.9 cm³/mol. The number of aromatic carboxylic acids is 1. The lowest BCUT2D eigenvalue weighted by Crippen LogP contribution is -1.91. The van der Waals surface area contributed by atoms with Crippen LogP contribution in [-0.2, 0) is 0 Å². The Morgan fingerprint density at radius 3 is 2.73 bits per heavy atom. The van der Waals surface area contributed by atoms with Crippen molar-refractivity contribution in [2.75, 3.05) is 0 Å². The van der Waals surface area contributed by atoms with Crippen molar-refractivity contribution in [3.8, 4) is 0 Å². The van der Waals surface area contributed by atoms with Crippen molar-refractivity contribution in [3.05, 3.63) is 36.3 Å². The van der Waals surface area contributed by atoms with E-state index in [0.29, 0.717) is 5.58 Å². The normalized spacial score (nSPS) is 11.2. The van der Waals surface area contributed by atoms with E-state index in [4.69, 9.17) is 13.9 Å². The van der Waals surface area contributed by atoms with E-state index in [1.807, 2.05) is 0 Å². The largest absolute Gasteiger partial charge is 0.475 e. The second-order valence-corrected chi connectivity index (χ2v) is 3.26. The number of furan rings is 2. The van der Waals surface area contributed by atoms with Crippen molar-refractivity contribution < 1.29 is 18.7 Å². The first-order valence-corrected chi connectivity index (χ1v) is 4.38. The van der Waals surface area contributed by atoms with Crippen LogP contribution in [0.1, 0.15) is 10.6 Å². The first kappa shape index (κ1) is 8.11. The highest BCUT2D eigenvalue weighted by molar-refractivity contribution is 5.97. The molecule has 0 atom stereocenters. The molecule has 0 fully saturated rings. The molecule has 0 amide bonds. The average Bonchev–Trinajstić information content (AvgIpc) is 2.77. The maximum absolute atomic E-state index is 10.7. The summed E-state index contributed by atoms with van der Waals surface area (Å²) in [5.74, 6) is -1.12. The van der Waals surface area contributed by atoms with Crippen LogP contribution in [0, 0.1) is 0 Å². The fraction of sp³-hybridized carbons (Fsp3) is 0. The lowest BCUT2D eigenvalue weighted by Gasteiger charge is -1.88. The van der Waals surface area contributed by atoms with Crippen molar-refractivity contribution in [3.63, 3.8) is 0 Å². The number of hydrogen-bond donors (Lipinski definition) is 1. The van der Waals surface area contributed by atoms with E-state index in [9.17, 15) is 4.79 Å². The Kier molecular flexibility index (Phi) is 1.42. The second-order valence-electron chi connectivity index (χ2n) is 3.26. The molecule has 2 heterocycles. The van der Waals surface area contributed by atoms with Crippen LogP contribution in [0.15, 0.2) is 39.4 Å². The van der Waals surface area contributed by atoms with Gasteiger partial charge in [0.05, 0.1) is 6.26 Å². The number of carboxylic acids is 1. The molecule has 4 nitrogen and oxygen atoms in total. The van der Waals surface area contributed by atoms with E-state index < -0.39 is 5.97 Å². The lowest BCUT2D eigenvalue weighted by atomic mass is 10.2. The van der Waals surface area contributed by atoms with Crippen LogP contribution in [-0.4, -0.2) is 11.1 Å². The van der Waals surface area contributed by atoms with Gasteiger partial charge in [-0.3, -0.25) is 0 Å². The van der Waals surface area contributed by atoms with Gasteiger partial charge in [-0.1, -0.05) is 0 Å². The molecule has 0 bridgehead atoms. The van der Waals surface area contributed by atoms with Crippen molar-refractivity contribution >= 4 is 27.9 Å². The van der Waals surface area contributed by atoms with Crippen LogP contribution in [0.4, 0.5) is 0 Å². The number of carboxylic acid groups (broad SMARTS) is 1. The second kappa shape index (κ2) is 2.63. The number of benzene rings is 1. The van der Waals surface area contributed by atoms with Gasteiger partial charge in [0.15, 0.2) is 0 Å². The number of fused-ring (bicyclic) bond motifs is 2. The third-order valence-electron chi connectivity index (χ3n) is 2.30. The van der Waals surface area contributed by atoms with Crippen LogP contribution in [0.5, 0.6) is 0 Å². The Hall–Kier alpha value is -2.23. The van der Waals surface area contributed by atoms with Crippen LogP contribution < -0.4 is 0 Å². The zero-order valence-electron chi connectivity index (χ0n) is 7.56. The van der Waals surface area contributed by atoms with Gasteiger partial charge in [-0.05, 0) is 24.3 Å². The molecule has 1 N–H and O–H groups in total. The number of rotatable bonds is 1. The topological polar surface area (TPSA) is 63.6 Å². The van der Waals surface area contributed by atoms with Crippen LogP contribution in [0.2, 0.25) is 0 Å². The van der Waals surface area contributed by atoms with Crippen molar-refractivity contribution in [2.45, 2.75) is 0 Å². The van der Waals surface area contributed by atoms with Gasteiger partial charge < -0.3 is 13.9 Å². The zero-order valence-corrected chi connectivity index (χ0v) is 7.56. The van der Waals surface area contributed by atoms with Gasteiger partial charge in [0.1, 0.15) is 11.2 Å². The predicted octanol–water partition coefficient (Wildman–Crippen LogP) is 2.88. The van der Waals surface area contributed by atoms with Gasteiger partial charge in [-0.15, -0.1) is 0 Å². The Morgan fingerprint density at radius 2 is 1.93 bits per heavy atom. The molecule has 0 aliphatic rings. The average molecular weight is 202 g/mol. The minimum absolute atomic E-state index is 0.0577. The summed E-state index contributed by atoms with van der Waals surface area (Å²) in [6, 6.07) is 6.82. The standard InChI is InChI=1S/C11H6O4/c12-11(13)10-5-7-4-8-6(1-2-14-8)3-9(7)15-10/h1-5H,(H,12,13). The van der Waals surface area contributed by atoms with Crippen molar-refractivity contribution in [1.82, 2.24) is 0 Å². The van der Waals surface area contributed by atoms with Gasteiger partial charge >= 0.3 is 5.97 Å². The smallest absolute Gasteiger partial charge is 0.371 e. The molecule has 0 saturated carbocycles. The van der Waals surface area contributed by atoms with Crippen LogP contribution >= 0.6 is 0 Å². The van der Waals surface area contributed by atoms with Gasteiger partial charge in [-0.25, -0.2) is 4.79 Å². The highest BCUT2D eigenvalue weighted by atomic mass is 16.4. The number of hydrogen-bond acceptors (Lipinski definition) is 3. The monoisotopic (exact) mass is 202 g/mol. The fourth-order valence-corrected chi connectivity index (χ4v) is 1.60. The van der Waals surface area contributed by atoms with E-state index in [2.05, 4.69) is 0 Å². The fourth-order valence-electron chi connectivity index (χ4n) is 1.60. The summed E-state index contributed by atoms with van der Waals surface area (Å²) in [6.07, 6.45) is 1.58. The van der Waals surface area contributed by atoms with Gasteiger partial charge in [0.2, 0.25) is 5.76 Å². The minimum atomic E-state index is -1.07. The van der Waals surface area contributed by atoms with Crippen molar-refractivity contribution in [1.29, 1.82) is 0 Å². The van der Waals surface area contributed by atoms with E-state index in [1.165, 1.54) is 6.07 Å².